The third-order valence-electron chi connectivity index (χ3n) is 5.12. The van der Waals surface area contributed by atoms with Crippen LogP contribution in [-0.2, 0) is 0 Å². The van der Waals surface area contributed by atoms with Gasteiger partial charge >= 0.3 is 0 Å². The summed E-state index contributed by atoms with van der Waals surface area (Å²) < 4.78 is 0. The Bertz CT molecular complexity index is 850. The number of carbonyl (C=O) groups excluding carboxylic acids is 1. The van der Waals surface area contributed by atoms with Crippen molar-refractivity contribution < 1.29 is 4.79 Å². The van der Waals surface area contributed by atoms with E-state index in [2.05, 4.69) is 54.0 Å². The Morgan fingerprint density at radius 1 is 0.724 bits per heavy atom. The lowest BCUT2D eigenvalue weighted by Crippen LogP contribution is -2.39. The molecule has 3 rings (SSSR count). The predicted octanol–water partition coefficient (Wildman–Crippen LogP) is 5.68. The molecule has 0 saturated carbocycles. The van der Waals surface area contributed by atoms with E-state index < -0.39 is 0 Å². The Morgan fingerprint density at radius 2 is 1.24 bits per heavy atom. The van der Waals surface area contributed by atoms with Crippen molar-refractivity contribution in [3.8, 4) is 0 Å². The minimum absolute atomic E-state index is 0.0110. The molecule has 0 aliphatic carbocycles. The van der Waals surface area contributed by atoms with Crippen LogP contribution in [0.1, 0.15) is 59.8 Å². The Labute approximate surface area is 174 Å². The van der Waals surface area contributed by atoms with Crippen LogP contribution in [0.15, 0.2) is 91.0 Å². The van der Waals surface area contributed by atoms with Gasteiger partial charge in [-0.25, -0.2) is 0 Å². The lowest BCUT2D eigenvalue weighted by Gasteiger charge is -2.30. The molecule has 0 aliphatic heterocycles. The summed E-state index contributed by atoms with van der Waals surface area (Å²) in [5.74, 6) is -0.0595. The van der Waals surface area contributed by atoms with Gasteiger partial charge in [-0.1, -0.05) is 98.6 Å². The fourth-order valence-electron chi connectivity index (χ4n) is 3.55. The van der Waals surface area contributed by atoms with E-state index in [1.807, 2.05) is 54.6 Å². The second kappa shape index (κ2) is 11.2. The van der Waals surface area contributed by atoms with Gasteiger partial charge in [0.15, 0.2) is 0 Å². The van der Waals surface area contributed by atoms with E-state index in [4.69, 9.17) is 0 Å². The zero-order valence-electron chi connectivity index (χ0n) is 17.1. The zero-order valence-corrected chi connectivity index (χ0v) is 17.1. The predicted molar refractivity (Wildman–Crippen MR) is 120 cm³/mol. The lowest BCUT2D eigenvalue weighted by atomic mass is 9.92. The maximum atomic E-state index is 13.0. The standard InChI is InChI=1S/C26H30N2O/c1-2-3-13-20-27-24(21-14-7-4-8-15-21)25(22-16-9-5-10-17-22)28-26(29)23-18-11-6-12-19-23/h4-12,14-19,24-25,27H,2-3,13,20H2,1H3,(H,28,29). The molecule has 0 aromatic heterocycles. The molecule has 2 atom stereocenters. The van der Waals surface area contributed by atoms with Gasteiger partial charge in [0.05, 0.1) is 12.1 Å². The highest BCUT2D eigenvalue weighted by atomic mass is 16.1. The first kappa shape index (κ1) is 20.8. The van der Waals surface area contributed by atoms with Crippen molar-refractivity contribution >= 4 is 5.91 Å². The third kappa shape index (κ3) is 6.03. The summed E-state index contributed by atoms with van der Waals surface area (Å²) in [6.07, 6.45) is 3.50. The highest BCUT2D eigenvalue weighted by molar-refractivity contribution is 5.94. The number of benzene rings is 3. The average molecular weight is 387 g/mol. The molecule has 3 aromatic rings. The molecule has 29 heavy (non-hydrogen) atoms. The normalized spacial score (nSPS) is 12.9. The molecule has 0 heterocycles. The molecule has 0 saturated heterocycles. The van der Waals surface area contributed by atoms with Crippen LogP contribution >= 0.6 is 0 Å². The van der Waals surface area contributed by atoms with Gasteiger partial charge < -0.3 is 10.6 Å². The molecule has 3 aromatic carbocycles. The third-order valence-corrected chi connectivity index (χ3v) is 5.12. The average Bonchev–Trinajstić information content (AvgIpc) is 2.79. The number of hydrogen-bond acceptors (Lipinski definition) is 2. The van der Waals surface area contributed by atoms with Crippen LogP contribution in [0.4, 0.5) is 0 Å². The van der Waals surface area contributed by atoms with Crippen molar-refractivity contribution in [1.82, 2.24) is 10.6 Å². The van der Waals surface area contributed by atoms with Gasteiger partial charge in [0.2, 0.25) is 0 Å². The van der Waals surface area contributed by atoms with Crippen molar-refractivity contribution in [1.29, 1.82) is 0 Å². The Balaban J connectivity index is 1.90. The maximum Gasteiger partial charge on any atom is 0.251 e. The second-order valence-electron chi connectivity index (χ2n) is 7.28. The summed E-state index contributed by atoms with van der Waals surface area (Å²) in [5, 5.41) is 7.00. The second-order valence-corrected chi connectivity index (χ2v) is 7.28. The summed E-state index contributed by atoms with van der Waals surface area (Å²) in [6.45, 7) is 3.12. The molecule has 2 N–H and O–H groups in total. The van der Waals surface area contributed by atoms with Crippen LogP contribution < -0.4 is 10.6 Å². The van der Waals surface area contributed by atoms with E-state index in [-0.39, 0.29) is 18.0 Å². The molecule has 0 fully saturated rings. The Morgan fingerprint density at radius 3 is 1.79 bits per heavy atom. The van der Waals surface area contributed by atoms with E-state index in [0.717, 1.165) is 18.5 Å². The van der Waals surface area contributed by atoms with Crippen LogP contribution in [0.2, 0.25) is 0 Å². The fourth-order valence-corrected chi connectivity index (χ4v) is 3.55. The molecule has 0 radical (unpaired) electrons. The van der Waals surface area contributed by atoms with Crippen LogP contribution in [-0.4, -0.2) is 12.5 Å². The smallest absolute Gasteiger partial charge is 0.251 e. The molecule has 150 valence electrons. The van der Waals surface area contributed by atoms with Crippen LogP contribution in [0.5, 0.6) is 0 Å². The first-order valence-corrected chi connectivity index (χ1v) is 10.5. The Kier molecular flexibility index (Phi) is 8.02. The highest BCUT2D eigenvalue weighted by Crippen LogP contribution is 2.29. The summed E-state index contributed by atoms with van der Waals surface area (Å²) in [6, 6.07) is 29.8. The van der Waals surface area contributed by atoms with Gasteiger partial charge in [-0.2, -0.15) is 0 Å². The molecular weight excluding hydrogens is 356 g/mol. The van der Waals surface area contributed by atoms with E-state index >= 15 is 0 Å². The van der Waals surface area contributed by atoms with E-state index in [9.17, 15) is 4.79 Å². The fraction of sp³-hybridized carbons (Fsp3) is 0.269. The van der Waals surface area contributed by atoms with E-state index in [1.165, 1.54) is 18.4 Å². The molecule has 0 bridgehead atoms. The number of carbonyl (C=O) groups is 1. The largest absolute Gasteiger partial charge is 0.343 e. The van der Waals surface area contributed by atoms with E-state index in [0.29, 0.717) is 5.56 Å². The SMILES string of the molecule is CCCCCNC(c1ccccc1)C(NC(=O)c1ccccc1)c1ccccc1. The van der Waals surface area contributed by atoms with Crippen LogP contribution in [0, 0.1) is 0 Å². The zero-order chi connectivity index (χ0) is 20.3. The number of hydrogen-bond donors (Lipinski definition) is 2. The molecule has 1 amide bonds. The highest BCUT2D eigenvalue weighted by Gasteiger charge is 2.26. The number of amides is 1. The Hall–Kier alpha value is -2.91. The quantitative estimate of drug-likeness (QED) is 0.440. The minimum atomic E-state index is -0.173. The van der Waals surface area contributed by atoms with Crippen LogP contribution in [0.3, 0.4) is 0 Å². The summed E-state index contributed by atoms with van der Waals surface area (Å²) in [7, 11) is 0. The first-order chi connectivity index (χ1) is 14.3. The molecular formula is C26H30N2O. The van der Waals surface area contributed by atoms with Gasteiger partial charge in [0.25, 0.3) is 5.91 Å². The summed E-state index contributed by atoms with van der Waals surface area (Å²) in [5.41, 5.74) is 2.94. The molecule has 0 spiro atoms. The lowest BCUT2D eigenvalue weighted by molar-refractivity contribution is 0.0926. The summed E-state index contributed by atoms with van der Waals surface area (Å²) >= 11 is 0. The van der Waals surface area contributed by atoms with Gasteiger partial charge in [-0.15, -0.1) is 0 Å². The molecule has 3 heteroatoms. The summed E-state index contributed by atoms with van der Waals surface area (Å²) in [4.78, 5) is 13.0. The number of rotatable bonds is 10. The van der Waals surface area contributed by atoms with Crippen molar-refractivity contribution in [3.05, 3.63) is 108 Å². The minimum Gasteiger partial charge on any atom is -0.343 e. The monoisotopic (exact) mass is 386 g/mol. The maximum absolute atomic E-state index is 13.0. The van der Waals surface area contributed by atoms with Crippen molar-refractivity contribution in [2.24, 2.45) is 0 Å². The van der Waals surface area contributed by atoms with Crippen molar-refractivity contribution in [3.63, 3.8) is 0 Å². The molecule has 3 nitrogen and oxygen atoms in total. The van der Waals surface area contributed by atoms with Crippen molar-refractivity contribution in [2.75, 3.05) is 6.54 Å². The van der Waals surface area contributed by atoms with Gasteiger partial charge in [-0.05, 0) is 36.2 Å². The van der Waals surface area contributed by atoms with Gasteiger partial charge in [0, 0.05) is 5.56 Å². The van der Waals surface area contributed by atoms with Crippen molar-refractivity contribution in [2.45, 2.75) is 38.3 Å². The van der Waals surface area contributed by atoms with E-state index in [1.54, 1.807) is 0 Å². The number of unbranched alkanes of at least 4 members (excludes halogenated alkanes) is 2. The molecule has 2 unspecified atom stereocenters. The topological polar surface area (TPSA) is 41.1 Å². The first-order valence-electron chi connectivity index (χ1n) is 10.5. The van der Waals surface area contributed by atoms with Gasteiger partial charge in [-0.3, -0.25) is 4.79 Å². The van der Waals surface area contributed by atoms with Crippen LogP contribution in [0.25, 0.3) is 0 Å². The number of nitrogens with one attached hydrogen (secondary N) is 2. The molecule has 0 aliphatic rings. The van der Waals surface area contributed by atoms with Gasteiger partial charge in [0.1, 0.15) is 0 Å².